The van der Waals surface area contributed by atoms with Gasteiger partial charge in [0.2, 0.25) is 0 Å². The van der Waals surface area contributed by atoms with Crippen LogP contribution in [0.3, 0.4) is 0 Å². The molecule has 0 spiro atoms. The molecule has 0 bridgehead atoms. The van der Waals surface area contributed by atoms with Crippen LogP contribution in [0.2, 0.25) is 0 Å². The highest BCUT2D eigenvalue weighted by molar-refractivity contribution is 6.03. The maximum absolute atomic E-state index is 12.7. The van der Waals surface area contributed by atoms with Crippen LogP contribution in [0.5, 0.6) is 0 Å². The molecule has 1 fully saturated rings. The molecular weight excluding hydrogens is 362 g/mol. The van der Waals surface area contributed by atoms with Crippen molar-refractivity contribution in [2.24, 2.45) is 5.41 Å². The lowest BCUT2D eigenvalue weighted by Gasteiger charge is -2.30. The van der Waals surface area contributed by atoms with Gasteiger partial charge in [-0.05, 0) is 67.7 Å². The van der Waals surface area contributed by atoms with Gasteiger partial charge in [0.25, 0.3) is 5.91 Å². The summed E-state index contributed by atoms with van der Waals surface area (Å²) in [5.41, 5.74) is 4.35. The first-order valence-electron chi connectivity index (χ1n) is 10.7. The summed E-state index contributed by atoms with van der Waals surface area (Å²) in [7, 11) is 0. The second-order valence-electron chi connectivity index (χ2n) is 9.44. The Morgan fingerprint density at radius 3 is 2.59 bits per heavy atom. The van der Waals surface area contributed by atoms with Crippen LogP contribution in [0.4, 0.5) is 5.69 Å². The fourth-order valence-electron chi connectivity index (χ4n) is 4.49. The largest absolute Gasteiger partial charge is 0.385 e. The number of aromatic nitrogens is 2. The minimum Gasteiger partial charge on any atom is -0.385 e. The van der Waals surface area contributed by atoms with Crippen molar-refractivity contribution in [3.8, 4) is 0 Å². The summed E-state index contributed by atoms with van der Waals surface area (Å²) in [6.45, 7) is 6.43. The molecule has 1 aromatic heterocycles. The minimum atomic E-state index is -0.746. The first-order valence-corrected chi connectivity index (χ1v) is 10.7. The first-order chi connectivity index (χ1) is 13.8. The fourth-order valence-corrected chi connectivity index (χ4v) is 4.49. The molecule has 1 aromatic carbocycles. The van der Waals surface area contributed by atoms with E-state index in [1.54, 1.807) is 6.20 Å². The first kappa shape index (κ1) is 19.9. The van der Waals surface area contributed by atoms with Gasteiger partial charge < -0.3 is 15.4 Å². The van der Waals surface area contributed by atoms with E-state index in [0.717, 1.165) is 67.5 Å². The smallest absolute Gasteiger partial charge is 0.291 e. The number of hydrogen-bond donors (Lipinski definition) is 3. The molecule has 2 aromatic rings. The second kappa shape index (κ2) is 7.45. The number of anilines is 1. The number of aliphatic hydroxyl groups is 1. The Kier molecular flexibility index (Phi) is 5.11. The number of nitrogens with zero attached hydrogens (tertiary/aromatic N) is 1. The van der Waals surface area contributed by atoms with Gasteiger partial charge in [-0.3, -0.25) is 4.79 Å². The van der Waals surface area contributed by atoms with Crippen LogP contribution in [0.25, 0.3) is 5.57 Å². The summed E-state index contributed by atoms with van der Waals surface area (Å²) in [5.74, 6) is 0.0640. The molecule has 5 nitrogen and oxygen atoms in total. The Morgan fingerprint density at radius 2 is 1.97 bits per heavy atom. The molecule has 1 heterocycles. The maximum atomic E-state index is 12.7. The van der Waals surface area contributed by atoms with Crippen molar-refractivity contribution in [3.05, 3.63) is 53.1 Å². The lowest BCUT2D eigenvalue weighted by Crippen LogP contribution is -2.22. The van der Waals surface area contributed by atoms with Crippen LogP contribution < -0.4 is 5.32 Å². The third-order valence-corrected chi connectivity index (χ3v) is 6.47. The van der Waals surface area contributed by atoms with Gasteiger partial charge in [0.1, 0.15) is 0 Å². The maximum Gasteiger partial charge on any atom is 0.291 e. The van der Waals surface area contributed by atoms with Crippen LogP contribution >= 0.6 is 0 Å². The number of imidazole rings is 1. The molecule has 4 rings (SSSR count). The van der Waals surface area contributed by atoms with E-state index in [-0.39, 0.29) is 5.91 Å². The van der Waals surface area contributed by atoms with Crippen LogP contribution in [-0.4, -0.2) is 21.0 Å². The number of hydrogen-bond acceptors (Lipinski definition) is 3. The van der Waals surface area contributed by atoms with Crippen LogP contribution in [0, 0.1) is 12.3 Å². The Balaban J connectivity index is 1.70. The minimum absolute atomic E-state index is 0.247. The number of rotatable bonds is 4. The molecule has 0 unspecified atom stereocenters. The SMILES string of the molecule is Cc1c[nH]c(C(=O)Nc2ccc(C3(O)CCCC3)cc2C2=CCC(C)(C)CC2)n1. The van der Waals surface area contributed by atoms with E-state index in [0.29, 0.717) is 11.2 Å². The number of aromatic amines is 1. The summed E-state index contributed by atoms with van der Waals surface area (Å²) in [4.78, 5) is 19.9. The van der Waals surface area contributed by atoms with E-state index in [9.17, 15) is 9.90 Å². The van der Waals surface area contributed by atoms with Gasteiger partial charge in [-0.1, -0.05) is 38.8 Å². The molecule has 2 aliphatic rings. The highest BCUT2D eigenvalue weighted by Gasteiger charge is 2.34. The Hall–Kier alpha value is -2.40. The molecule has 1 saturated carbocycles. The number of H-pyrrole nitrogens is 1. The van der Waals surface area contributed by atoms with E-state index in [1.807, 2.05) is 19.1 Å². The van der Waals surface area contributed by atoms with Crippen molar-refractivity contribution in [2.45, 2.75) is 71.3 Å². The van der Waals surface area contributed by atoms with Crippen molar-refractivity contribution in [1.29, 1.82) is 0 Å². The van der Waals surface area contributed by atoms with Crippen LogP contribution in [0.1, 0.15) is 86.2 Å². The zero-order valence-corrected chi connectivity index (χ0v) is 17.6. The molecule has 0 aliphatic heterocycles. The van der Waals surface area contributed by atoms with Gasteiger partial charge >= 0.3 is 0 Å². The summed E-state index contributed by atoms with van der Waals surface area (Å²) >= 11 is 0. The van der Waals surface area contributed by atoms with Crippen molar-refractivity contribution >= 4 is 17.2 Å². The van der Waals surface area contributed by atoms with E-state index in [1.165, 1.54) is 5.57 Å². The van der Waals surface area contributed by atoms with Crippen molar-refractivity contribution in [1.82, 2.24) is 9.97 Å². The van der Waals surface area contributed by atoms with Crippen LogP contribution in [-0.2, 0) is 5.60 Å². The van der Waals surface area contributed by atoms with E-state index in [4.69, 9.17) is 0 Å². The molecule has 29 heavy (non-hydrogen) atoms. The highest BCUT2D eigenvalue weighted by Crippen LogP contribution is 2.43. The Morgan fingerprint density at radius 1 is 1.21 bits per heavy atom. The summed E-state index contributed by atoms with van der Waals surface area (Å²) in [6, 6.07) is 6.00. The Labute approximate surface area is 172 Å². The predicted molar refractivity (Wildman–Crippen MR) is 116 cm³/mol. The van der Waals surface area contributed by atoms with Gasteiger partial charge in [-0.25, -0.2) is 4.98 Å². The summed E-state index contributed by atoms with van der Waals surface area (Å²) in [5, 5.41) is 14.1. The number of allylic oxidation sites excluding steroid dienone is 2. The normalized spacial score (nSPS) is 20.3. The lowest BCUT2D eigenvalue weighted by molar-refractivity contribution is 0.0445. The average Bonchev–Trinajstić information content (AvgIpc) is 3.31. The number of carbonyl (C=O) groups is 1. The standard InChI is InChI=1S/C24H31N3O2/c1-16-15-25-21(26-16)22(28)27-20-7-6-18(24(29)10-4-5-11-24)14-19(20)17-8-12-23(2,3)13-9-17/h6-8,14-15,29H,4-5,9-13H2,1-3H3,(H,25,26)(H,27,28). The molecule has 0 atom stereocenters. The fraction of sp³-hybridized carbons (Fsp3) is 0.500. The molecule has 1 amide bonds. The molecular formula is C24H31N3O2. The quantitative estimate of drug-likeness (QED) is 0.657. The summed E-state index contributed by atoms with van der Waals surface area (Å²) < 4.78 is 0. The molecule has 3 N–H and O–H groups in total. The molecule has 0 saturated heterocycles. The van der Waals surface area contributed by atoms with E-state index in [2.05, 4.69) is 41.3 Å². The number of carbonyl (C=O) groups excluding carboxylic acids is 1. The highest BCUT2D eigenvalue weighted by atomic mass is 16.3. The molecule has 0 radical (unpaired) electrons. The zero-order valence-electron chi connectivity index (χ0n) is 17.6. The van der Waals surface area contributed by atoms with Gasteiger partial charge in [-0.2, -0.15) is 0 Å². The third kappa shape index (κ3) is 4.15. The number of nitrogens with one attached hydrogen (secondary N) is 2. The number of aryl methyl sites for hydroxylation is 1. The van der Waals surface area contributed by atoms with Crippen molar-refractivity contribution in [3.63, 3.8) is 0 Å². The third-order valence-electron chi connectivity index (χ3n) is 6.47. The Bertz CT molecular complexity index is 949. The van der Waals surface area contributed by atoms with Gasteiger partial charge in [0.05, 0.1) is 11.3 Å². The van der Waals surface area contributed by atoms with E-state index >= 15 is 0 Å². The van der Waals surface area contributed by atoms with Gasteiger partial charge in [0, 0.05) is 17.4 Å². The summed E-state index contributed by atoms with van der Waals surface area (Å²) in [6.07, 6.45) is 10.8. The molecule has 154 valence electrons. The predicted octanol–water partition coefficient (Wildman–Crippen LogP) is 5.33. The van der Waals surface area contributed by atoms with Gasteiger partial charge in [-0.15, -0.1) is 0 Å². The topological polar surface area (TPSA) is 78.0 Å². The lowest BCUT2D eigenvalue weighted by atomic mass is 9.76. The monoisotopic (exact) mass is 393 g/mol. The van der Waals surface area contributed by atoms with E-state index < -0.39 is 5.60 Å². The van der Waals surface area contributed by atoms with Crippen molar-refractivity contribution in [2.75, 3.05) is 5.32 Å². The number of benzene rings is 1. The second-order valence-corrected chi connectivity index (χ2v) is 9.44. The number of amides is 1. The van der Waals surface area contributed by atoms with Gasteiger partial charge in [0.15, 0.2) is 5.82 Å². The van der Waals surface area contributed by atoms with Crippen molar-refractivity contribution < 1.29 is 9.90 Å². The molecule has 2 aliphatic carbocycles. The average molecular weight is 394 g/mol. The zero-order chi connectivity index (χ0) is 20.6. The molecule has 5 heteroatoms. The van der Waals surface area contributed by atoms with Crippen LogP contribution in [0.15, 0.2) is 30.5 Å².